The zero-order valence-electron chi connectivity index (χ0n) is 21.2. The van der Waals surface area contributed by atoms with Gasteiger partial charge in [0.05, 0.1) is 13.5 Å². The molecule has 2 amide bonds. The van der Waals surface area contributed by atoms with E-state index in [0.717, 1.165) is 28.0 Å². The van der Waals surface area contributed by atoms with E-state index in [-0.39, 0.29) is 18.2 Å². The molecule has 0 fully saturated rings. The molecule has 3 aromatic rings. The van der Waals surface area contributed by atoms with Gasteiger partial charge in [0.15, 0.2) is 0 Å². The Balaban J connectivity index is 1.93. The van der Waals surface area contributed by atoms with Gasteiger partial charge in [0, 0.05) is 19.5 Å². The van der Waals surface area contributed by atoms with Gasteiger partial charge in [-0.1, -0.05) is 86.1 Å². The van der Waals surface area contributed by atoms with Gasteiger partial charge in [-0.2, -0.15) is 0 Å². The number of hydrogen-bond donors (Lipinski definition) is 1. The molecule has 0 bridgehead atoms. The van der Waals surface area contributed by atoms with E-state index in [0.29, 0.717) is 25.4 Å². The summed E-state index contributed by atoms with van der Waals surface area (Å²) >= 11 is 0. The first-order chi connectivity index (χ1) is 16.9. The summed E-state index contributed by atoms with van der Waals surface area (Å²) in [6.07, 6.45) is 0.656. The predicted octanol–water partition coefficient (Wildman–Crippen LogP) is 4.96. The fourth-order valence-corrected chi connectivity index (χ4v) is 3.89. The van der Waals surface area contributed by atoms with Gasteiger partial charge in [-0.3, -0.25) is 9.59 Å². The van der Waals surface area contributed by atoms with Crippen molar-refractivity contribution >= 4 is 11.8 Å². The lowest BCUT2D eigenvalue weighted by Gasteiger charge is -2.32. The molecule has 0 radical (unpaired) electrons. The molecule has 5 heteroatoms. The van der Waals surface area contributed by atoms with Gasteiger partial charge in [-0.25, -0.2) is 0 Å². The molecule has 3 rings (SSSR count). The standard InChI is InChI=1S/C30H36N2O3/c1-22(2)20-31-30(34)28(18-24-8-6-5-7-9-24)32(21-26-12-10-23(3)11-13-26)29(33)19-25-14-16-27(35-4)17-15-25/h5-17,22,28H,18-21H2,1-4H3,(H,31,34)/t28-/m0/s1. The number of methoxy groups -OCH3 is 1. The molecule has 0 saturated carbocycles. The Morgan fingerprint density at radius 1 is 0.857 bits per heavy atom. The van der Waals surface area contributed by atoms with Crippen molar-refractivity contribution in [2.24, 2.45) is 5.92 Å². The monoisotopic (exact) mass is 472 g/mol. The van der Waals surface area contributed by atoms with E-state index < -0.39 is 6.04 Å². The second-order valence-electron chi connectivity index (χ2n) is 9.38. The van der Waals surface area contributed by atoms with E-state index in [2.05, 4.69) is 19.2 Å². The predicted molar refractivity (Wildman–Crippen MR) is 140 cm³/mol. The van der Waals surface area contributed by atoms with E-state index in [1.54, 1.807) is 12.0 Å². The number of nitrogens with zero attached hydrogens (tertiary/aromatic N) is 1. The molecule has 0 aliphatic carbocycles. The Morgan fingerprint density at radius 3 is 2.09 bits per heavy atom. The van der Waals surface area contributed by atoms with Crippen molar-refractivity contribution in [2.45, 2.75) is 46.2 Å². The molecule has 5 nitrogen and oxygen atoms in total. The highest BCUT2D eigenvalue weighted by molar-refractivity contribution is 5.88. The fourth-order valence-electron chi connectivity index (χ4n) is 3.89. The second kappa shape index (κ2) is 12.7. The van der Waals surface area contributed by atoms with Gasteiger partial charge < -0.3 is 15.0 Å². The van der Waals surface area contributed by atoms with E-state index in [1.165, 1.54) is 0 Å². The number of amides is 2. The molecular formula is C30H36N2O3. The lowest BCUT2D eigenvalue weighted by atomic mass is 10.0. The Kier molecular flexibility index (Phi) is 9.47. The van der Waals surface area contributed by atoms with E-state index >= 15 is 0 Å². The number of nitrogens with one attached hydrogen (secondary N) is 1. The van der Waals surface area contributed by atoms with Crippen LogP contribution in [0.4, 0.5) is 0 Å². The van der Waals surface area contributed by atoms with Crippen LogP contribution in [0.5, 0.6) is 5.75 Å². The Bertz CT molecular complexity index is 1080. The minimum atomic E-state index is -0.622. The SMILES string of the molecule is COc1ccc(CC(=O)N(Cc2ccc(C)cc2)[C@@H](Cc2ccccc2)C(=O)NCC(C)C)cc1. The van der Waals surface area contributed by atoms with Crippen LogP contribution in [0, 0.1) is 12.8 Å². The zero-order chi connectivity index (χ0) is 25.2. The first-order valence-corrected chi connectivity index (χ1v) is 12.1. The van der Waals surface area contributed by atoms with Crippen molar-refractivity contribution in [1.29, 1.82) is 0 Å². The summed E-state index contributed by atoms with van der Waals surface area (Å²) in [6, 6.07) is 24.9. The summed E-state index contributed by atoms with van der Waals surface area (Å²) in [6.45, 7) is 7.09. The van der Waals surface area contributed by atoms with Crippen molar-refractivity contribution in [2.75, 3.05) is 13.7 Å². The number of aryl methyl sites for hydroxylation is 1. The largest absolute Gasteiger partial charge is 0.497 e. The van der Waals surface area contributed by atoms with Crippen LogP contribution >= 0.6 is 0 Å². The van der Waals surface area contributed by atoms with Crippen molar-refractivity contribution in [3.8, 4) is 5.75 Å². The second-order valence-corrected chi connectivity index (χ2v) is 9.38. The lowest BCUT2D eigenvalue weighted by Crippen LogP contribution is -2.51. The van der Waals surface area contributed by atoms with E-state index in [1.807, 2.05) is 85.8 Å². The van der Waals surface area contributed by atoms with Gasteiger partial charge in [-0.05, 0) is 41.7 Å². The Hall–Kier alpha value is -3.60. The smallest absolute Gasteiger partial charge is 0.243 e. The highest BCUT2D eigenvalue weighted by Crippen LogP contribution is 2.18. The first-order valence-electron chi connectivity index (χ1n) is 12.1. The quantitative estimate of drug-likeness (QED) is 0.429. The maximum Gasteiger partial charge on any atom is 0.243 e. The minimum absolute atomic E-state index is 0.0867. The first kappa shape index (κ1) is 26.0. The number of benzene rings is 3. The maximum absolute atomic E-state index is 13.7. The van der Waals surface area contributed by atoms with Crippen LogP contribution in [-0.4, -0.2) is 36.4 Å². The lowest BCUT2D eigenvalue weighted by molar-refractivity contribution is -0.140. The molecule has 0 aromatic heterocycles. The summed E-state index contributed by atoms with van der Waals surface area (Å²) in [4.78, 5) is 28.9. The van der Waals surface area contributed by atoms with Crippen LogP contribution in [0.25, 0.3) is 0 Å². The van der Waals surface area contributed by atoms with E-state index in [4.69, 9.17) is 4.74 Å². The molecular weight excluding hydrogens is 436 g/mol. The topological polar surface area (TPSA) is 58.6 Å². The average molecular weight is 473 g/mol. The summed E-state index contributed by atoms with van der Waals surface area (Å²) in [7, 11) is 1.62. The van der Waals surface area contributed by atoms with Gasteiger partial charge in [-0.15, -0.1) is 0 Å². The van der Waals surface area contributed by atoms with Gasteiger partial charge in [0.25, 0.3) is 0 Å². The Labute approximate surface area is 209 Å². The molecule has 0 saturated heterocycles. The number of hydrogen-bond acceptors (Lipinski definition) is 3. The third-order valence-electron chi connectivity index (χ3n) is 5.94. The molecule has 0 heterocycles. The van der Waals surface area contributed by atoms with E-state index in [9.17, 15) is 9.59 Å². The van der Waals surface area contributed by atoms with Gasteiger partial charge in [0.1, 0.15) is 11.8 Å². The van der Waals surface area contributed by atoms with Crippen LogP contribution < -0.4 is 10.1 Å². The average Bonchev–Trinajstić information content (AvgIpc) is 2.86. The molecule has 1 N–H and O–H groups in total. The molecule has 0 spiro atoms. The van der Waals surface area contributed by atoms with Crippen LogP contribution in [0.3, 0.4) is 0 Å². The molecule has 1 atom stereocenters. The Morgan fingerprint density at radius 2 is 1.49 bits per heavy atom. The number of carbonyl (C=O) groups excluding carboxylic acids is 2. The molecule has 35 heavy (non-hydrogen) atoms. The van der Waals surface area contributed by atoms with Crippen molar-refractivity contribution < 1.29 is 14.3 Å². The van der Waals surface area contributed by atoms with Crippen LogP contribution in [0.1, 0.15) is 36.1 Å². The summed E-state index contributed by atoms with van der Waals surface area (Å²) in [5.74, 6) is 0.846. The number of carbonyl (C=O) groups is 2. The summed E-state index contributed by atoms with van der Waals surface area (Å²) in [5.41, 5.74) is 4.04. The van der Waals surface area contributed by atoms with Crippen molar-refractivity contribution in [3.63, 3.8) is 0 Å². The van der Waals surface area contributed by atoms with Crippen LogP contribution in [0.2, 0.25) is 0 Å². The van der Waals surface area contributed by atoms with Crippen LogP contribution in [0.15, 0.2) is 78.9 Å². The number of rotatable bonds is 11. The summed E-state index contributed by atoms with van der Waals surface area (Å²) in [5, 5.41) is 3.06. The number of ether oxygens (including phenoxy) is 1. The highest BCUT2D eigenvalue weighted by atomic mass is 16.5. The van der Waals surface area contributed by atoms with Crippen LogP contribution in [-0.2, 0) is 29.0 Å². The van der Waals surface area contributed by atoms with Gasteiger partial charge >= 0.3 is 0 Å². The third kappa shape index (κ3) is 7.99. The zero-order valence-corrected chi connectivity index (χ0v) is 21.2. The molecule has 0 aliphatic rings. The minimum Gasteiger partial charge on any atom is -0.497 e. The fraction of sp³-hybridized carbons (Fsp3) is 0.333. The maximum atomic E-state index is 13.7. The third-order valence-corrected chi connectivity index (χ3v) is 5.94. The molecule has 184 valence electrons. The van der Waals surface area contributed by atoms with Gasteiger partial charge in [0.2, 0.25) is 11.8 Å². The van der Waals surface area contributed by atoms with Crippen molar-refractivity contribution in [1.82, 2.24) is 10.2 Å². The highest BCUT2D eigenvalue weighted by Gasteiger charge is 2.30. The molecule has 3 aromatic carbocycles. The van der Waals surface area contributed by atoms with Crippen molar-refractivity contribution in [3.05, 3.63) is 101 Å². The normalized spacial score (nSPS) is 11.7. The molecule has 0 aliphatic heterocycles. The molecule has 0 unspecified atom stereocenters. The summed E-state index contributed by atoms with van der Waals surface area (Å²) < 4.78 is 5.24.